The average molecular weight is 711 g/mol. The van der Waals surface area contributed by atoms with E-state index in [0.29, 0.717) is 58.3 Å². The standard InChI is InChI=1S/C18H34N4O4.C15H28N6O3/c1-4-15(23)21-8-6-5-7-9-22-18(26)14(10-12(2)16(19)24)11-13(3)17(20)25;1-3-12(14(16)23)9-11(2)15(24)19-8-6-4-5-7-18-13(22)10-20-21-17/h12-14H,4-11H2,1-3H3,(H2,19,24)(H2,20,25)(H,21,23)(H,22,26);11-12H,3-10H2,1-2H3,(H2,16,23)(H,18,22)(H,19,24). The highest BCUT2D eigenvalue weighted by Gasteiger charge is 2.27. The third-order valence-corrected chi connectivity index (χ3v) is 8.15. The van der Waals surface area contributed by atoms with Crippen LogP contribution in [-0.2, 0) is 33.6 Å². The van der Waals surface area contributed by atoms with Crippen molar-refractivity contribution < 1.29 is 33.6 Å². The second-order valence-corrected chi connectivity index (χ2v) is 12.6. The summed E-state index contributed by atoms with van der Waals surface area (Å²) in [6, 6.07) is 0. The lowest BCUT2D eigenvalue weighted by atomic mass is 9.87. The van der Waals surface area contributed by atoms with E-state index in [0.717, 1.165) is 38.5 Å². The fourth-order valence-corrected chi connectivity index (χ4v) is 4.74. The Morgan fingerprint density at radius 2 is 1.00 bits per heavy atom. The van der Waals surface area contributed by atoms with Crippen LogP contribution in [0.2, 0.25) is 0 Å². The van der Waals surface area contributed by atoms with E-state index in [-0.39, 0.29) is 47.9 Å². The van der Waals surface area contributed by atoms with Gasteiger partial charge in [-0.25, -0.2) is 0 Å². The average Bonchev–Trinajstić information content (AvgIpc) is 3.07. The Balaban J connectivity index is 0. The lowest BCUT2D eigenvalue weighted by molar-refractivity contribution is -0.129. The summed E-state index contributed by atoms with van der Waals surface area (Å²) in [6.45, 7) is 10.8. The van der Waals surface area contributed by atoms with Gasteiger partial charge < -0.3 is 38.5 Å². The predicted molar refractivity (Wildman–Crippen MR) is 190 cm³/mol. The van der Waals surface area contributed by atoms with Crippen molar-refractivity contribution in [3.05, 3.63) is 10.4 Å². The van der Waals surface area contributed by atoms with Gasteiger partial charge in [0.05, 0.1) is 0 Å². The predicted octanol–water partition coefficient (Wildman–Crippen LogP) is 1.68. The Morgan fingerprint density at radius 1 is 0.580 bits per heavy atom. The van der Waals surface area contributed by atoms with Gasteiger partial charge in [-0.2, -0.15) is 0 Å². The van der Waals surface area contributed by atoms with Gasteiger partial charge in [-0.15, -0.1) is 0 Å². The molecule has 0 saturated heterocycles. The zero-order valence-electron chi connectivity index (χ0n) is 30.6. The van der Waals surface area contributed by atoms with Gasteiger partial charge in [-0.05, 0) is 69.7 Å². The molecular formula is C33H62N10O7. The minimum atomic E-state index is -0.483. The molecule has 0 aliphatic rings. The van der Waals surface area contributed by atoms with E-state index in [1.165, 1.54) is 0 Å². The van der Waals surface area contributed by atoms with Crippen LogP contribution < -0.4 is 38.5 Å². The number of nitrogens with two attached hydrogens (primary N) is 3. The number of hydrogen-bond donors (Lipinski definition) is 7. The number of hydrogen-bond acceptors (Lipinski definition) is 8. The molecule has 0 aliphatic heterocycles. The summed E-state index contributed by atoms with van der Waals surface area (Å²) in [5.74, 6) is -3.72. The molecule has 0 aromatic rings. The Morgan fingerprint density at radius 3 is 1.40 bits per heavy atom. The first-order valence-corrected chi connectivity index (χ1v) is 17.6. The fraction of sp³-hybridized carbons (Fsp3) is 0.788. The molecule has 0 heterocycles. The van der Waals surface area contributed by atoms with Gasteiger partial charge in [0.2, 0.25) is 41.4 Å². The number of primary amides is 3. The van der Waals surface area contributed by atoms with Crippen LogP contribution in [0.1, 0.15) is 105 Å². The van der Waals surface area contributed by atoms with Crippen molar-refractivity contribution in [1.82, 2.24) is 21.3 Å². The molecule has 17 heteroatoms. The van der Waals surface area contributed by atoms with Crippen LogP contribution in [0, 0.1) is 29.6 Å². The van der Waals surface area contributed by atoms with Gasteiger partial charge >= 0.3 is 0 Å². The van der Waals surface area contributed by atoms with Crippen LogP contribution in [0.25, 0.3) is 10.4 Å². The van der Waals surface area contributed by atoms with E-state index in [1.54, 1.807) is 27.7 Å². The molecule has 50 heavy (non-hydrogen) atoms. The Bertz CT molecular complexity index is 1090. The van der Waals surface area contributed by atoms with E-state index in [4.69, 9.17) is 22.7 Å². The molecule has 0 aromatic heterocycles. The molecule has 0 bridgehead atoms. The minimum Gasteiger partial charge on any atom is -0.369 e. The highest BCUT2D eigenvalue weighted by Crippen LogP contribution is 2.21. The second kappa shape index (κ2) is 29.5. The van der Waals surface area contributed by atoms with Crippen molar-refractivity contribution in [3.8, 4) is 0 Å². The van der Waals surface area contributed by atoms with Crippen molar-refractivity contribution >= 4 is 41.4 Å². The van der Waals surface area contributed by atoms with Crippen molar-refractivity contribution in [2.75, 3.05) is 32.7 Å². The van der Waals surface area contributed by atoms with Crippen molar-refractivity contribution in [3.63, 3.8) is 0 Å². The third-order valence-electron chi connectivity index (χ3n) is 8.15. The summed E-state index contributed by atoms with van der Waals surface area (Å²) < 4.78 is 0. The van der Waals surface area contributed by atoms with E-state index >= 15 is 0 Å². The third kappa shape index (κ3) is 25.6. The molecule has 7 amide bonds. The molecule has 4 unspecified atom stereocenters. The molecule has 4 atom stereocenters. The SMILES string of the molecule is CCC(=O)NCCCCCNC(=O)C(CC(C)C(N)=O)CC(C)C(N)=O.CCC(CC(C)C(=O)NCCCCCNC(=O)CN=[N+]=[N-])C(N)=O. The lowest BCUT2D eigenvalue weighted by Crippen LogP contribution is -2.36. The van der Waals surface area contributed by atoms with Gasteiger partial charge in [-0.3, -0.25) is 33.6 Å². The molecule has 0 fully saturated rings. The van der Waals surface area contributed by atoms with Gasteiger partial charge in [0.15, 0.2) is 0 Å². The Labute approximate surface area is 296 Å². The maximum absolute atomic E-state index is 12.4. The van der Waals surface area contributed by atoms with Crippen LogP contribution >= 0.6 is 0 Å². The number of rotatable bonds is 27. The summed E-state index contributed by atoms with van der Waals surface area (Å²) >= 11 is 0. The van der Waals surface area contributed by atoms with Crippen molar-refractivity contribution in [1.29, 1.82) is 0 Å². The summed E-state index contributed by atoms with van der Waals surface area (Å²) in [7, 11) is 0. The fourth-order valence-electron chi connectivity index (χ4n) is 4.74. The first-order chi connectivity index (χ1) is 23.6. The Hall–Kier alpha value is -4.40. The van der Waals surface area contributed by atoms with Crippen molar-refractivity contribution in [2.45, 2.75) is 105 Å². The molecule has 0 aromatic carbocycles. The highest BCUT2D eigenvalue weighted by atomic mass is 16.2. The number of carbonyl (C=O) groups excluding carboxylic acids is 7. The second-order valence-electron chi connectivity index (χ2n) is 12.6. The molecule has 286 valence electrons. The first-order valence-electron chi connectivity index (χ1n) is 17.6. The van der Waals surface area contributed by atoms with E-state index in [9.17, 15) is 33.6 Å². The quantitative estimate of drug-likeness (QED) is 0.0286. The molecule has 0 aliphatic carbocycles. The number of nitrogens with one attached hydrogen (secondary N) is 4. The summed E-state index contributed by atoms with van der Waals surface area (Å²) in [5.41, 5.74) is 23.9. The van der Waals surface area contributed by atoms with Gasteiger partial charge in [0, 0.05) is 67.1 Å². The number of unbranched alkanes of at least 4 members (excludes halogenated alkanes) is 4. The van der Waals surface area contributed by atoms with E-state index < -0.39 is 29.6 Å². The highest BCUT2D eigenvalue weighted by molar-refractivity contribution is 5.83. The van der Waals surface area contributed by atoms with Crippen molar-refractivity contribution in [2.24, 2.45) is 51.9 Å². The van der Waals surface area contributed by atoms with Crippen LogP contribution in [0.3, 0.4) is 0 Å². The first kappa shape index (κ1) is 47.7. The molecule has 0 saturated carbocycles. The summed E-state index contributed by atoms with van der Waals surface area (Å²) in [4.78, 5) is 82.8. The maximum atomic E-state index is 12.4. The van der Waals surface area contributed by atoms with Crippen LogP contribution in [0.4, 0.5) is 0 Å². The van der Waals surface area contributed by atoms with E-state index in [1.807, 2.05) is 6.92 Å². The molecule has 0 rings (SSSR count). The number of nitrogens with zero attached hydrogens (tertiary/aromatic N) is 3. The molecule has 10 N–H and O–H groups in total. The maximum Gasteiger partial charge on any atom is 0.225 e. The molecule has 17 nitrogen and oxygen atoms in total. The number of azide groups is 1. The van der Waals surface area contributed by atoms with Crippen LogP contribution in [0.5, 0.6) is 0 Å². The zero-order valence-corrected chi connectivity index (χ0v) is 30.6. The summed E-state index contributed by atoms with van der Waals surface area (Å²) in [5, 5.41) is 14.3. The Kier molecular flexibility index (Phi) is 28.2. The smallest absolute Gasteiger partial charge is 0.225 e. The normalized spacial score (nSPS) is 13.4. The van der Waals surface area contributed by atoms with Gasteiger partial charge in [-0.1, -0.05) is 39.7 Å². The zero-order chi connectivity index (χ0) is 38.5. The topological polar surface area (TPSA) is 294 Å². The minimum absolute atomic E-state index is 0.0355. The van der Waals surface area contributed by atoms with Gasteiger partial charge in [0.25, 0.3) is 0 Å². The lowest BCUT2D eigenvalue weighted by Gasteiger charge is -2.21. The molecule has 0 spiro atoms. The molecular weight excluding hydrogens is 648 g/mol. The largest absolute Gasteiger partial charge is 0.369 e. The summed E-state index contributed by atoms with van der Waals surface area (Å²) in [6.07, 6.45) is 7.13. The number of carbonyl (C=O) groups is 7. The molecule has 0 radical (unpaired) electrons. The monoisotopic (exact) mass is 710 g/mol. The number of amides is 7. The van der Waals surface area contributed by atoms with Crippen LogP contribution in [-0.4, -0.2) is 74.1 Å². The van der Waals surface area contributed by atoms with Crippen LogP contribution in [0.15, 0.2) is 5.11 Å². The van der Waals surface area contributed by atoms with Gasteiger partial charge in [0.1, 0.15) is 6.54 Å². The van der Waals surface area contributed by atoms with E-state index in [2.05, 4.69) is 31.3 Å².